The van der Waals surface area contributed by atoms with Crippen LogP contribution in [0.4, 0.5) is 5.69 Å². The van der Waals surface area contributed by atoms with Gasteiger partial charge in [0, 0.05) is 24.3 Å². The topological polar surface area (TPSA) is 84.4 Å². The lowest BCUT2D eigenvalue weighted by Gasteiger charge is -2.32. The molecule has 3 aromatic rings. The van der Waals surface area contributed by atoms with Crippen LogP contribution in [0, 0.1) is 11.8 Å². The summed E-state index contributed by atoms with van der Waals surface area (Å²) in [6.45, 7) is 8.49. The third-order valence-electron chi connectivity index (χ3n) is 5.68. The minimum atomic E-state index is -0.404. The highest BCUT2D eigenvalue weighted by Gasteiger charge is 2.26. The molecule has 1 aliphatic rings. The fourth-order valence-electron chi connectivity index (χ4n) is 3.70. The minimum absolute atomic E-state index is 0.0704. The SMILES string of the molecule is CC1CCN(c2ccc(-c3noc([C@H](NC(=O)c4ccco4)C(C)C)n3)cc2)CC1. The number of carbonyl (C=O) groups excluding carboxylic acids is 1. The van der Waals surface area contributed by atoms with Crippen molar-refractivity contribution in [2.45, 2.75) is 39.7 Å². The van der Waals surface area contributed by atoms with Crippen LogP contribution in [0.15, 0.2) is 51.6 Å². The van der Waals surface area contributed by atoms with Crippen molar-refractivity contribution in [3.63, 3.8) is 0 Å². The molecule has 158 valence electrons. The highest BCUT2D eigenvalue weighted by Crippen LogP contribution is 2.27. The van der Waals surface area contributed by atoms with Crippen LogP contribution in [-0.2, 0) is 0 Å². The largest absolute Gasteiger partial charge is 0.459 e. The first-order valence-electron chi connectivity index (χ1n) is 10.5. The third-order valence-corrected chi connectivity index (χ3v) is 5.68. The summed E-state index contributed by atoms with van der Waals surface area (Å²) in [7, 11) is 0. The molecule has 30 heavy (non-hydrogen) atoms. The molecule has 1 aliphatic heterocycles. The summed E-state index contributed by atoms with van der Waals surface area (Å²) in [6, 6.07) is 11.2. The number of nitrogens with one attached hydrogen (secondary N) is 1. The van der Waals surface area contributed by atoms with E-state index in [0.717, 1.165) is 24.6 Å². The highest BCUT2D eigenvalue weighted by atomic mass is 16.5. The normalized spacial score (nSPS) is 16.1. The predicted octanol–water partition coefficient (Wildman–Crippen LogP) is 4.69. The van der Waals surface area contributed by atoms with E-state index in [0.29, 0.717) is 11.7 Å². The van der Waals surface area contributed by atoms with Gasteiger partial charge in [-0.2, -0.15) is 4.98 Å². The van der Waals surface area contributed by atoms with Crippen LogP contribution in [0.1, 0.15) is 56.1 Å². The Morgan fingerprint density at radius 1 is 1.17 bits per heavy atom. The van der Waals surface area contributed by atoms with E-state index in [4.69, 9.17) is 8.94 Å². The molecule has 0 bridgehead atoms. The molecule has 7 heteroatoms. The molecule has 2 aromatic heterocycles. The zero-order valence-electron chi connectivity index (χ0n) is 17.7. The molecule has 0 radical (unpaired) electrons. The standard InChI is InChI=1S/C23H28N4O3/c1-15(2)20(24-22(28)19-5-4-14-29-19)23-25-21(26-30-23)17-6-8-18(9-7-17)27-12-10-16(3)11-13-27/h4-9,14-16,20H,10-13H2,1-3H3,(H,24,28)/t20-/m1/s1. The molecule has 7 nitrogen and oxygen atoms in total. The molecule has 0 unspecified atom stereocenters. The van der Waals surface area contributed by atoms with Crippen LogP contribution in [0.5, 0.6) is 0 Å². The molecule has 4 rings (SSSR count). The van der Waals surface area contributed by atoms with Crippen molar-refractivity contribution in [1.29, 1.82) is 0 Å². The maximum atomic E-state index is 12.4. The molecule has 0 spiro atoms. The summed E-state index contributed by atoms with van der Waals surface area (Å²) in [4.78, 5) is 19.4. The molecular weight excluding hydrogens is 380 g/mol. The molecule has 0 saturated carbocycles. The summed E-state index contributed by atoms with van der Waals surface area (Å²) in [5, 5.41) is 7.06. The first-order valence-corrected chi connectivity index (χ1v) is 10.5. The van der Waals surface area contributed by atoms with Crippen molar-refractivity contribution in [1.82, 2.24) is 15.5 Å². The molecule has 1 atom stereocenters. The Labute approximate surface area is 176 Å². The number of hydrogen-bond acceptors (Lipinski definition) is 6. The van der Waals surface area contributed by atoms with Crippen LogP contribution in [0.2, 0.25) is 0 Å². The van der Waals surface area contributed by atoms with E-state index in [-0.39, 0.29) is 17.6 Å². The van der Waals surface area contributed by atoms with E-state index in [1.165, 1.54) is 24.8 Å². The molecule has 1 saturated heterocycles. The van der Waals surface area contributed by atoms with Crippen molar-refractivity contribution >= 4 is 11.6 Å². The van der Waals surface area contributed by atoms with E-state index in [2.05, 4.69) is 39.4 Å². The third kappa shape index (κ3) is 4.40. The summed E-state index contributed by atoms with van der Waals surface area (Å²) in [6.07, 6.45) is 3.94. The number of benzene rings is 1. The summed E-state index contributed by atoms with van der Waals surface area (Å²) < 4.78 is 10.7. The van der Waals surface area contributed by atoms with Gasteiger partial charge in [0.1, 0.15) is 6.04 Å². The number of aromatic nitrogens is 2. The zero-order chi connectivity index (χ0) is 21.1. The van der Waals surface area contributed by atoms with E-state index < -0.39 is 6.04 Å². The van der Waals surface area contributed by atoms with Gasteiger partial charge in [0.05, 0.1) is 6.26 Å². The predicted molar refractivity (Wildman–Crippen MR) is 114 cm³/mol. The number of anilines is 1. The van der Waals surface area contributed by atoms with Gasteiger partial charge in [-0.15, -0.1) is 0 Å². The maximum Gasteiger partial charge on any atom is 0.287 e. The minimum Gasteiger partial charge on any atom is -0.459 e. The van der Waals surface area contributed by atoms with Crippen molar-refractivity contribution in [2.75, 3.05) is 18.0 Å². The quantitative estimate of drug-likeness (QED) is 0.637. The van der Waals surface area contributed by atoms with Crippen LogP contribution < -0.4 is 10.2 Å². The Bertz CT molecular complexity index is 955. The van der Waals surface area contributed by atoms with Crippen LogP contribution in [0.3, 0.4) is 0 Å². The van der Waals surface area contributed by atoms with E-state index >= 15 is 0 Å². The monoisotopic (exact) mass is 408 g/mol. The Balaban J connectivity index is 1.47. The lowest BCUT2D eigenvalue weighted by atomic mass is 9.98. The summed E-state index contributed by atoms with van der Waals surface area (Å²) >= 11 is 0. The second kappa shape index (κ2) is 8.73. The average Bonchev–Trinajstić information content (AvgIpc) is 3.45. The number of nitrogens with zero attached hydrogens (tertiary/aromatic N) is 3. The van der Waals surface area contributed by atoms with Crippen molar-refractivity contribution in [2.24, 2.45) is 11.8 Å². The second-order valence-corrected chi connectivity index (χ2v) is 8.35. The van der Waals surface area contributed by atoms with Crippen LogP contribution >= 0.6 is 0 Å². The van der Waals surface area contributed by atoms with E-state index in [1.54, 1.807) is 12.1 Å². The zero-order valence-corrected chi connectivity index (χ0v) is 17.7. The number of rotatable bonds is 6. The van der Waals surface area contributed by atoms with Gasteiger partial charge in [-0.05, 0) is 61.1 Å². The highest BCUT2D eigenvalue weighted by molar-refractivity contribution is 5.91. The van der Waals surface area contributed by atoms with Gasteiger partial charge >= 0.3 is 0 Å². The van der Waals surface area contributed by atoms with Crippen molar-refractivity contribution < 1.29 is 13.7 Å². The Morgan fingerprint density at radius 2 is 1.90 bits per heavy atom. The number of hydrogen-bond donors (Lipinski definition) is 1. The molecule has 1 aromatic carbocycles. The van der Waals surface area contributed by atoms with Crippen LogP contribution in [-0.4, -0.2) is 29.1 Å². The average molecular weight is 409 g/mol. The van der Waals surface area contributed by atoms with E-state index in [9.17, 15) is 4.79 Å². The molecule has 3 heterocycles. The Kier molecular flexibility index (Phi) is 5.88. The maximum absolute atomic E-state index is 12.4. The van der Waals surface area contributed by atoms with Gasteiger partial charge in [-0.1, -0.05) is 25.9 Å². The fourth-order valence-corrected chi connectivity index (χ4v) is 3.70. The number of carbonyl (C=O) groups is 1. The first-order chi connectivity index (χ1) is 14.5. The Hall–Kier alpha value is -3.09. The molecule has 1 fully saturated rings. The van der Waals surface area contributed by atoms with Gasteiger partial charge in [-0.25, -0.2) is 0 Å². The van der Waals surface area contributed by atoms with Gasteiger partial charge in [-0.3, -0.25) is 4.79 Å². The molecule has 1 N–H and O–H groups in total. The van der Waals surface area contributed by atoms with Gasteiger partial charge < -0.3 is 19.2 Å². The van der Waals surface area contributed by atoms with Gasteiger partial charge in [0.2, 0.25) is 11.7 Å². The number of piperidine rings is 1. The van der Waals surface area contributed by atoms with Crippen molar-refractivity contribution in [3.05, 3.63) is 54.3 Å². The molecule has 0 aliphatic carbocycles. The fraction of sp³-hybridized carbons (Fsp3) is 0.435. The van der Waals surface area contributed by atoms with Crippen molar-refractivity contribution in [3.8, 4) is 11.4 Å². The summed E-state index contributed by atoms with van der Waals surface area (Å²) in [5.74, 6) is 1.72. The molecule has 1 amide bonds. The Morgan fingerprint density at radius 3 is 2.53 bits per heavy atom. The second-order valence-electron chi connectivity index (χ2n) is 8.35. The first kappa shape index (κ1) is 20.2. The smallest absolute Gasteiger partial charge is 0.287 e. The van der Waals surface area contributed by atoms with Gasteiger partial charge in [0.15, 0.2) is 5.76 Å². The lowest BCUT2D eigenvalue weighted by Crippen LogP contribution is -2.32. The number of furan rings is 1. The number of amides is 1. The molecular formula is C23H28N4O3. The summed E-state index contributed by atoms with van der Waals surface area (Å²) in [5.41, 5.74) is 2.11. The van der Waals surface area contributed by atoms with Gasteiger partial charge in [0.25, 0.3) is 5.91 Å². The van der Waals surface area contributed by atoms with Crippen LogP contribution in [0.25, 0.3) is 11.4 Å². The van der Waals surface area contributed by atoms with E-state index in [1.807, 2.05) is 26.0 Å². The lowest BCUT2D eigenvalue weighted by molar-refractivity contribution is 0.0885.